The van der Waals surface area contributed by atoms with Crippen LogP contribution in [0.4, 0.5) is 21.9 Å². The van der Waals surface area contributed by atoms with Gasteiger partial charge < -0.3 is 26.0 Å². The van der Waals surface area contributed by atoms with Gasteiger partial charge in [-0.25, -0.2) is 4.79 Å². The fourth-order valence-electron chi connectivity index (χ4n) is 2.19. The first-order chi connectivity index (χ1) is 9.13. The minimum absolute atomic E-state index is 0.248. The first-order valence-corrected chi connectivity index (χ1v) is 6.44. The smallest absolute Gasteiger partial charge is 0.409 e. The lowest BCUT2D eigenvalue weighted by Gasteiger charge is -2.36. The van der Waals surface area contributed by atoms with E-state index in [9.17, 15) is 4.79 Å². The van der Waals surface area contributed by atoms with Crippen molar-refractivity contribution < 1.29 is 9.53 Å². The molecule has 1 aliphatic rings. The molecule has 104 valence electrons. The number of amides is 1. The number of piperazine rings is 1. The summed E-state index contributed by atoms with van der Waals surface area (Å²) in [6, 6.07) is 5.62. The van der Waals surface area contributed by atoms with Crippen LogP contribution in [0.15, 0.2) is 18.2 Å². The fraction of sp³-hybridized carbons (Fsp3) is 0.462. The zero-order valence-corrected chi connectivity index (χ0v) is 11.1. The molecule has 0 aliphatic carbocycles. The maximum atomic E-state index is 11.6. The van der Waals surface area contributed by atoms with Gasteiger partial charge in [0.05, 0.1) is 23.7 Å². The van der Waals surface area contributed by atoms with Gasteiger partial charge in [-0.1, -0.05) is 6.07 Å². The van der Waals surface area contributed by atoms with E-state index < -0.39 is 0 Å². The molecule has 1 saturated heterocycles. The number of hydrogen-bond donors (Lipinski definition) is 2. The van der Waals surface area contributed by atoms with Gasteiger partial charge in [-0.2, -0.15) is 0 Å². The van der Waals surface area contributed by atoms with Crippen LogP contribution in [0.25, 0.3) is 0 Å². The number of anilines is 3. The zero-order chi connectivity index (χ0) is 13.8. The van der Waals surface area contributed by atoms with Crippen LogP contribution in [0, 0.1) is 0 Å². The Hall–Kier alpha value is -2.11. The number of nitrogen functional groups attached to an aromatic ring is 2. The molecule has 1 fully saturated rings. The summed E-state index contributed by atoms with van der Waals surface area (Å²) in [6.45, 7) is 4.93. The zero-order valence-electron chi connectivity index (χ0n) is 11.1. The molecule has 0 saturated carbocycles. The summed E-state index contributed by atoms with van der Waals surface area (Å²) in [5.41, 5.74) is 13.9. The summed E-state index contributed by atoms with van der Waals surface area (Å²) in [6.07, 6.45) is -0.248. The highest BCUT2D eigenvalue weighted by atomic mass is 16.6. The largest absolute Gasteiger partial charge is 0.450 e. The monoisotopic (exact) mass is 264 g/mol. The highest BCUT2D eigenvalue weighted by molar-refractivity contribution is 5.79. The van der Waals surface area contributed by atoms with Gasteiger partial charge in [0, 0.05) is 26.2 Å². The summed E-state index contributed by atoms with van der Waals surface area (Å²) in [4.78, 5) is 15.5. The third kappa shape index (κ3) is 2.83. The van der Waals surface area contributed by atoms with Crippen molar-refractivity contribution in [3.8, 4) is 0 Å². The van der Waals surface area contributed by atoms with Gasteiger partial charge in [-0.15, -0.1) is 0 Å². The SMILES string of the molecule is CCOC(=O)N1CCN(c2cccc(N)c2N)CC1. The summed E-state index contributed by atoms with van der Waals surface area (Å²) in [5, 5.41) is 0. The average Bonchev–Trinajstić information content (AvgIpc) is 2.42. The third-order valence-electron chi connectivity index (χ3n) is 3.26. The summed E-state index contributed by atoms with van der Waals surface area (Å²) >= 11 is 0. The second-order valence-corrected chi connectivity index (χ2v) is 4.45. The van der Waals surface area contributed by atoms with Crippen LogP contribution in [-0.4, -0.2) is 43.8 Å². The third-order valence-corrected chi connectivity index (χ3v) is 3.26. The molecule has 0 bridgehead atoms. The van der Waals surface area contributed by atoms with Crippen molar-refractivity contribution >= 4 is 23.2 Å². The number of hydrogen-bond acceptors (Lipinski definition) is 5. The van der Waals surface area contributed by atoms with E-state index in [2.05, 4.69) is 4.90 Å². The number of benzene rings is 1. The Morgan fingerprint density at radius 1 is 1.26 bits per heavy atom. The Morgan fingerprint density at radius 2 is 1.95 bits per heavy atom. The topological polar surface area (TPSA) is 84.8 Å². The molecule has 0 atom stereocenters. The van der Waals surface area contributed by atoms with E-state index in [0.717, 1.165) is 18.8 Å². The summed E-state index contributed by atoms with van der Waals surface area (Å²) in [7, 11) is 0. The van der Waals surface area contributed by atoms with Crippen LogP contribution in [-0.2, 0) is 4.74 Å². The number of carbonyl (C=O) groups excluding carboxylic acids is 1. The maximum Gasteiger partial charge on any atom is 0.409 e. The second kappa shape index (κ2) is 5.69. The van der Waals surface area contributed by atoms with Crippen LogP contribution >= 0.6 is 0 Å². The Labute approximate surface area is 112 Å². The summed E-state index contributed by atoms with van der Waals surface area (Å²) in [5.74, 6) is 0. The minimum atomic E-state index is -0.248. The molecule has 2 rings (SSSR count). The van der Waals surface area contributed by atoms with E-state index in [-0.39, 0.29) is 6.09 Å². The lowest BCUT2D eigenvalue weighted by molar-refractivity contribution is 0.105. The molecule has 1 aromatic rings. The van der Waals surface area contributed by atoms with Gasteiger partial charge in [0.15, 0.2) is 0 Å². The Kier molecular flexibility index (Phi) is 3.99. The van der Waals surface area contributed by atoms with Gasteiger partial charge in [0.1, 0.15) is 0 Å². The van der Waals surface area contributed by atoms with Gasteiger partial charge >= 0.3 is 6.09 Å². The number of ether oxygens (including phenoxy) is 1. The Bertz CT molecular complexity index is 456. The number of para-hydroxylation sites is 1. The number of carbonyl (C=O) groups is 1. The molecule has 1 aliphatic heterocycles. The van der Waals surface area contributed by atoms with Gasteiger partial charge in [0.25, 0.3) is 0 Å². The normalized spacial score (nSPS) is 15.4. The molecule has 0 aromatic heterocycles. The Morgan fingerprint density at radius 3 is 2.58 bits per heavy atom. The predicted octanol–water partition coefficient (Wildman–Crippen LogP) is 1.13. The highest BCUT2D eigenvalue weighted by Gasteiger charge is 2.23. The molecule has 6 heteroatoms. The van der Waals surface area contributed by atoms with Crippen LogP contribution in [0.5, 0.6) is 0 Å². The molecule has 1 aromatic carbocycles. The van der Waals surface area contributed by atoms with Crippen molar-refractivity contribution in [2.45, 2.75) is 6.92 Å². The van der Waals surface area contributed by atoms with E-state index in [1.807, 2.05) is 19.1 Å². The lowest BCUT2D eigenvalue weighted by atomic mass is 10.2. The Balaban J connectivity index is 2.00. The van der Waals surface area contributed by atoms with Crippen LogP contribution in [0.3, 0.4) is 0 Å². The number of rotatable bonds is 2. The summed E-state index contributed by atoms with van der Waals surface area (Å²) < 4.78 is 4.99. The van der Waals surface area contributed by atoms with Crippen LogP contribution in [0.1, 0.15) is 6.92 Å². The van der Waals surface area contributed by atoms with Crippen molar-refractivity contribution in [3.63, 3.8) is 0 Å². The van der Waals surface area contributed by atoms with E-state index in [4.69, 9.17) is 16.2 Å². The lowest BCUT2D eigenvalue weighted by Crippen LogP contribution is -2.49. The molecular formula is C13H20N4O2. The molecule has 19 heavy (non-hydrogen) atoms. The van der Waals surface area contributed by atoms with Crippen LogP contribution < -0.4 is 16.4 Å². The van der Waals surface area contributed by atoms with Crippen molar-refractivity contribution in [2.75, 3.05) is 49.2 Å². The molecule has 4 N–H and O–H groups in total. The fourth-order valence-corrected chi connectivity index (χ4v) is 2.19. The minimum Gasteiger partial charge on any atom is -0.450 e. The predicted molar refractivity (Wildman–Crippen MR) is 76.1 cm³/mol. The molecule has 1 heterocycles. The van der Waals surface area contributed by atoms with Crippen molar-refractivity contribution in [3.05, 3.63) is 18.2 Å². The van der Waals surface area contributed by atoms with Crippen molar-refractivity contribution in [1.29, 1.82) is 0 Å². The molecular weight excluding hydrogens is 244 g/mol. The quantitative estimate of drug-likeness (QED) is 0.782. The maximum absolute atomic E-state index is 11.6. The van der Waals surface area contributed by atoms with Crippen LogP contribution in [0.2, 0.25) is 0 Å². The average molecular weight is 264 g/mol. The van der Waals surface area contributed by atoms with E-state index >= 15 is 0 Å². The number of nitrogens with two attached hydrogens (primary N) is 2. The van der Waals surface area contributed by atoms with Gasteiger partial charge in [-0.3, -0.25) is 0 Å². The van der Waals surface area contributed by atoms with E-state index in [0.29, 0.717) is 31.1 Å². The second-order valence-electron chi connectivity index (χ2n) is 4.45. The first-order valence-electron chi connectivity index (χ1n) is 6.44. The molecule has 0 radical (unpaired) electrons. The molecule has 0 spiro atoms. The first kappa shape index (κ1) is 13.3. The van der Waals surface area contributed by atoms with Crippen molar-refractivity contribution in [1.82, 2.24) is 4.90 Å². The molecule has 0 unspecified atom stereocenters. The highest BCUT2D eigenvalue weighted by Crippen LogP contribution is 2.28. The molecule has 6 nitrogen and oxygen atoms in total. The van der Waals surface area contributed by atoms with Gasteiger partial charge in [0.2, 0.25) is 0 Å². The van der Waals surface area contributed by atoms with Crippen molar-refractivity contribution in [2.24, 2.45) is 0 Å². The number of nitrogens with zero attached hydrogens (tertiary/aromatic N) is 2. The molecule has 1 amide bonds. The van der Waals surface area contributed by atoms with E-state index in [1.165, 1.54) is 0 Å². The standard InChI is InChI=1S/C13H20N4O2/c1-2-19-13(18)17-8-6-16(7-9-17)11-5-3-4-10(14)12(11)15/h3-5H,2,6-9,14-15H2,1H3. The van der Waals surface area contributed by atoms with Gasteiger partial charge in [-0.05, 0) is 19.1 Å². The van der Waals surface area contributed by atoms with E-state index in [1.54, 1.807) is 11.0 Å².